The van der Waals surface area contributed by atoms with Crippen LogP contribution in [0.25, 0.3) is 0 Å². The summed E-state index contributed by atoms with van der Waals surface area (Å²) in [6.07, 6.45) is 3.18. The van der Waals surface area contributed by atoms with E-state index in [2.05, 4.69) is 11.8 Å². The third-order valence-electron chi connectivity index (χ3n) is 4.26. The summed E-state index contributed by atoms with van der Waals surface area (Å²) in [5.41, 5.74) is 2.15. The quantitative estimate of drug-likeness (QED) is 0.803. The lowest BCUT2D eigenvalue weighted by molar-refractivity contribution is -0.0802. The third kappa shape index (κ3) is 2.19. The number of phenols is 2. The molecule has 2 unspecified atom stereocenters. The number of aryl methyl sites for hydroxylation is 1. The van der Waals surface area contributed by atoms with Crippen LogP contribution in [0.5, 0.6) is 11.5 Å². The second-order valence-electron chi connectivity index (χ2n) is 5.47. The van der Waals surface area contributed by atoms with Crippen LogP contribution in [0.4, 0.5) is 0 Å². The van der Waals surface area contributed by atoms with Crippen LogP contribution < -0.4 is 0 Å². The molecule has 104 valence electrons. The SMILES string of the molecule is CCCN1CCOC2c3cc(O)c(O)cc3CCC21. The molecular weight excluding hydrogens is 242 g/mol. The van der Waals surface area contributed by atoms with Crippen molar-refractivity contribution in [2.24, 2.45) is 0 Å². The number of hydrogen-bond donors (Lipinski definition) is 2. The van der Waals surface area contributed by atoms with Crippen molar-refractivity contribution >= 4 is 0 Å². The molecule has 0 spiro atoms. The van der Waals surface area contributed by atoms with Gasteiger partial charge in [-0.1, -0.05) is 6.92 Å². The molecular formula is C15H21NO3. The molecule has 1 aromatic rings. The molecule has 3 rings (SSSR count). The van der Waals surface area contributed by atoms with Crippen molar-refractivity contribution in [3.63, 3.8) is 0 Å². The number of aromatic hydroxyl groups is 2. The number of nitrogens with zero attached hydrogens (tertiary/aromatic N) is 1. The Bertz CT molecular complexity index is 473. The van der Waals surface area contributed by atoms with Gasteiger partial charge in [-0.15, -0.1) is 0 Å². The van der Waals surface area contributed by atoms with Gasteiger partial charge < -0.3 is 14.9 Å². The van der Waals surface area contributed by atoms with Crippen molar-refractivity contribution < 1.29 is 14.9 Å². The van der Waals surface area contributed by atoms with Gasteiger partial charge in [-0.2, -0.15) is 0 Å². The Hall–Kier alpha value is -1.26. The van der Waals surface area contributed by atoms with Crippen molar-refractivity contribution in [3.8, 4) is 11.5 Å². The summed E-state index contributed by atoms with van der Waals surface area (Å²) in [4.78, 5) is 2.50. The Morgan fingerprint density at radius 1 is 1.32 bits per heavy atom. The Balaban J connectivity index is 1.93. The van der Waals surface area contributed by atoms with Gasteiger partial charge in [0.2, 0.25) is 0 Å². The maximum Gasteiger partial charge on any atom is 0.157 e. The van der Waals surface area contributed by atoms with Crippen molar-refractivity contribution in [2.45, 2.75) is 38.3 Å². The van der Waals surface area contributed by atoms with Crippen LogP contribution in [0.15, 0.2) is 12.1 Å². The molecule has 19 heavy (non-hydrogen) atoms. The monoisotopic (exact) mass is 263 g/mol. The molecule has 4 nitrogen and oxygen atoms in total. The highest BCUT2D eigenvalue weighted by Gasteiger charge is 2.37. The molecule has 2 aliphatic rings. The van der Waals surface area contributed by atoms with Crippen LogP contribution in [-0.4, -0.2) is 40.9 Å². The van der Waals surface area contributed by atoms with Crippen LogP contribution in [0.3, 0.4) is 0 Å². The van der Waals surface area contributed by atoms with E-state index in [9.17, 15) is 10.2 Å². The van der Waals surface area contributed by atoms with Crippen molar-refractivity contribution in [3.05, 3.63) is 23.3 Å². The van der Waals surface area contributed by atoms with E-state index in [4.69, 9.17) is 4.74 Å². The molecule has 1 aliphatic heterocycles. The Morgan fingerprint density at radius 2 is 2.11 bits per heavy atom. The summed E-state index contributed by atoms with van der Waals surface area (Å²) in [6, 6.07) is 3.77. The highest BCUT2D eigenvalue weighted by molar-refractivity contribution is 5.48. The van der Waals surface area contributed by atoms with Gasteiger partial charge in [-0.3, -0.25) is 4.90 Å². The minimum absolute atomic E-state index is 0.0292. The zero-order valence-corrected chi connectivity index (χ0v) is 11.3. The largest absolute Gasteiger partial charge is 0.504 e. The van der Waals surface area contributed by atoms with Crippen LogP contribution in [0, 0.1) is 0 Å². The molecule has 1 fully saturated rings. The molecule has 0 radical (unpaired) electrons. The van der Waals surface area contributed by atoms with E-state index in [1.807, 2.05) is 0 Å². The van der Waals surface area contributed by atoms with Gasteiger partial charge in [-0.25, -0.2) is 0 Å². The van der Waals surface area contributed by atoms with Gasteiger partial charge >= 0.3 is 0 Å². The molecule has 1 aliphatic carbocycles. The molecule has 1 saturated heterocycles. The summed E-state index contributed by atoms with van der Waals surface area (Å²) < 4.78 is 5.95. The molecule has 1 heterocycles. The maximum absolute atomic E-state index is 9.72. The second-order valence-corrected chi connectivity index (χ2v) is 5.47. The molecule has 0 saturated carbocycles. The zero-order chi connectivity index (χ0) is 13.4. The summed E-state index contributed by atoms with van der Waals surface area (Å²) in [5.74, 6) is -0.0750. The minimum Gasteiger partial charge on any atom is -0.504 e. The molecule has 1 aromatic carbocycles. The lowest BCUT2D eigenvalue weighted by Gasteiger charge is -2.44. The highest BCUT2D eigenvalue weighted by atomic mass is 16.5. The third-order valence-corrected chi connectivity index (χ3v) is 4.26. The van der Waals surface area contributed by atoms with Crippen molar-refractivity contribution in [1.29, 1.82) is 0 Å². The summed E-state index contributed by atoms with van der Waals surface area (Å²) in [6.45, 7) is 5.03. The average Bonchev–Trinajstić information content (AvgIpc) is 2.41. The Labute approximate surface area is 113 Å². The molecule has 0 amide bonds. The first-order valence-electron chi connectivity index (χ1n) is 7.11. The van der Waals surface area contributed by atoms with Crippen LogP contribution in [-0.2, 0) is 11.2 Å². The molecule has 2 N–H and O–H groups in total. The number of morpholine rings is 1. The van der Waals surface area contributed by atoms with Gasteiger partial charge in [0, 0.05) is 12.6 Å². The smallest absolute Gasteiger partial charge is 0.157 e. The maximum atomic E-state index is 9.72. The van der Waals surface area contributed by atoms with Crippen LogP contribution in [0.1, 0.15) is 37.0 Å². The lowest BCUT2D eigenvalue weighted by Crippen LogP contribution is -2.49. The van der Waals surface area contributed by atoms with Crippen molar-refractivity contribution in [1.82, 2.24) is 4.90 Å². The fourth-order valence-electron chi connectivity index (χ4n) is 3.38. The van der Waals surface area contributed by atoms with Crippen molar-refractivity contribution in [2.75, 3.05) is 19.7 Å². The van der Waals surface area contributed by atoms with E-state index in [1.165, 1.54) is 0 Å². The Kier molecular flexibility index (Phi) is 3.37. The first-order valence-corrected chi connectivity index (χ1v) is 7.11. The van der Waals surface area contributed by atoms with Gasteiger partial charge in [0.15, 0.2) is 11.5 Å². The zero-order valence-electron chi connectivity index (χ0n) is 11.3. The van der Waals surface area contributed by atoms with E-state index in [1.54, 1.807) is 12.1 Å². The minimum atomic E-state index is -0.0457. The van der Waals surface area contributed by atoms with E-state index >= 15 is 0 Å². The van der Waals surface area contributed by atoms with E-state index < -0.39 is 0 Å². The molecule has 0 bridgehead atoms. The Morgan fingerprint density at radius 3 is 2.89 bits per heavy atom. The van der Waals surface area contributed by atoms with Gasteiger partial charge in [0.1, 0.15) is 0 Å². The predicted octanol–water partition coefficient (Wildman–Crippen LogP) is 2.20. The number of ether oxygens (including phenoxy) is 1. The molecule has 2 atom stereocenters. The second kappa shape index (κ2) is 5.02. The molecule has 0 aromatic heterocycles. The highest BCUT2D eigenvalue weighted by Crippen LogP contribution is 2.41. The van der Waals surface area contributed by atoms with E-state index in [0.29, 0.717) is 6.04 Å². The standard InChI is InChI=1S/C15H21NO3/c1-2-5-16-6-7-19-15-11-9-14(18)13(17)8-10(11)3-4-12(15)16/h8-9,12,15,17-18H,2-7H2,1H3. The van der Waals surface area contributed by atoms with Gasteiger partial charge in [0.25, 0.3) is 0 Å². The first kappa shape index (κ1) is 12.8. The summed E-state index contributed by atoms with van der Waals surface area (Å²) >= 11 is 0. The predicted molar refractivity (Wildman–Crippen MR) is 72.4 cm³/mol. The fourth-order valence-corrected chi connectivity index (χ4v) is 3.38. The lowest BCUT2D eigenvalue weighted by atomic mass is 9.83. The first-order chi connectivity index (χ1) is 9.20. The van der Waals surface area contributed by atoms with Crippen LogP contribution >= 0.6 is 0 Å². The van der Waals surface area contributed by atoms with E-state index in [-0.39, 0.29) is 17.6 Å². The summed E-state index contributed by atoms with van der Waals surface area (Å²) in [7, 11) is 0. The van der Waals surface area contributed by atoms with Gasteiger partial charge in [0.05, 0.1) is 12.7 Å². The number of rotatable bonds is 2. The van der Waals surface area contributed by atoms with Gasteiger partial charge in [-0.05, 0) is 49.1 Å². The average molecular weight is 263 g/mol. The topological polar surface area (TPSA) is 52.9 Å². The fraction of sp³-hybridized carbons (Fsp3) is 0.600. The normalized spacial score (nSPS) is 26.8. The number of fused-ring (bicyclic) bond motifs is 3. The number of phenolic OH excluding ortho intramolecular Hbond substituents is 2. The van der Waals surface area contributed by atoms with Crippen LogP contribution in [0.2, 0.25) is 0 Å². The number of benzene rings is 1. The van der Waals surface area contributed by atoms with E-state index in [0.717, 1.165) is 50.1 Å². The number of hydrogen-bond acceptors (Lipinski definition) is 4. The molecule has 4 heteroatoms. The summed E-state index contributed by atoms with van der Waals surface area (Å²) in [5, 5.41) is 19.3.